The summed E-state index contributed by atoms with van der Waals surface area (Å²) in [6.07, 6.45) is 0. The van der Waals surface area contributed by atoms with Crippen molar-refractivity contribution in [2.75, 3.05) is 47.1 Å². The van der Waals surface area contributed by atoms with Crippen LogP contribution in [-0.4, -0.2) is 52.0 Å². The van der Waals surface area contributed by atoms with Crippen molar-refractivity contribution in [3.05, 3.63) is 23.8 Å². The second-order valence-electron chi connectivity index (χ2n) is 4.60. The van der Waals surface area contributed by atoms with Gasteiger partial charge in [-0.2, -0.15) is 0 Å². The highest BCUT2D eigenvalue weighted by Crippen LogP contribution is 2.30. The average molecular weight is 341 g/mol. The lowest BCUT2D eigenvalue weighted by molar-refractivity contribution is 0.147. The molecule has 1 aliphatic heterocycles. The van der Waals surface area contributed by atoms with E-state index in [-0.39, 0.29) is 30.9 Å². The van der Waals surface area contributed by atoms with Crippen LogP contribution >= 0.6 is 24.8 Å². The van der Waals surface area contributed by atoms with E-state index in [2.05, 4.69) is 10.2 Å². The fourth-order valence-corrected chi connectivity index (χ4v) is 2.41. The van der Waals surface area contributed by atoms with Gasteiger partial charge in [-0.3, -0.25) is 4.90 Å². The zero-order chi connectivity index (χ0) is 13.7. The Bertz CT molecular complexity index is 396. The first-order chi connectivity index (χ1) is 9.28. The fraction of sp³-hybridized carbons (Fsp3) is 0.571. The third-order valence-electron chi connectivity index (χ3n) is 3.50. The van der Waals surface area contributed by atoms with Gasteiger partial charge >= 0.3 is 0 Å². The lowest BCUT2D eigenvalue weighted by Gasteiger charge is -2.33. The Morgan fingerprint density at radius 3 is 2.05 bits per heavy atom. The van der Waals surface area contributed by atoms with Crippen LogP contribution < -0.4 is 14.8 Å². The van der Waals surface area contributed by atoms with Crippen LogP contribution in [0.2, 0.25) is 0 Å². The molecule has 1 aromatic carbocycles. The van der Waals surface area contributed by atoms with Crippen LogP contribution in [0.15, 0.2) is 18.2 Å². The molecule has 0 bridgehead atoms. The summed E-state index contributed by atoms with van der Waals surface area (Å²) in [6.45, 7) is 3.10. The number of nitrogens with zero attached hydrogens (tertiary/aromatic N) is 1. The number of hydrogen-bond acceptors (Lipinski definition) is 4. The molecule has 0 spiro atoms. The topological polar surface area (TPSA) is 33.7 Å². The first-order valence-electron chi connectivity index (χ1n) is 6.52. The number of benzene rings is 1. The lowest BCUT2D eigenvalue weighted by atomic mass is 10.0. The monoisotopic (exact) mass is 340 g/mol. The number of rotatable bonds is 5. The molecule has 1 saturated heterocycles. The molecule has 4 nitrogen and oxygen atoms in total. The summed E-state index contributed by atoms with van der Waals surface area (Å²) in [6, 6.07) is 5.34. The van der Waals surface area contributed by atoms with Crippen molar-refractivity contribution >= 4 is 24.8 Å². The summed E-state index contributed by atoms with van der Waals surface area (Å²) >= 11 is 0. The van der Waals surface area contributed by atoms with Crippen molar-refractivity contribution in [1.29, 1.82) is 0 Å². The van der Waals surface area contributed by atoms with Crippen LogP contribution in [0.5, 0.6) is 11.5 Å². The molecule has 1 aromatic rings. The molecule has 1 fully saturated rings. The third kappa shape index (κ3) is 5.18. The fourth-order valence-electron chi connectivity index (χ4n) is 2.41. The zero-order valence-electron chi connectivity index (χ0n) is 12.3. The number of hydrogen-bond donors (Lipinski definition) is 1. The van der Waals surface area contributed by atoms with Crippen molar-refractivity contribution in [1.82, 2.24) is 10.2 Å². The van der Waals surface area contributed by atoms with Gasteiger partial charge in [0.15, 0.2) is 0 Å². The number of nitrogens with one attached hydrogen (secondary N) is 1. The Morgan fingerprint density at radius 1 is 1.10 bits per heavy atom. The largest absolute Gasteiger partial charge is 0.497 e. The molecule has 21 heavy (non-hydrogen) atoms. The normalized spacial score (nSPS) is 16.3. The molecule has 0 radical (unpaired) electrons. The quantitative estimate of drug-likeness (QED) is 0.892. The summed E-state index contributed by atoms with van der Waals surface area (Å²) in [7, 11) is 3.21. The number of methoxy groups -OCH3 is 2. The van der Waals surface area contributed by atoms with Gasteiger partial charge in [-0.05, 0) is 17.7 Å². The summed E-state index contributed by atoms with van der Waals surface area (Å²) in [5, 5.41) is 3.28. The summed E-state index contributed by atoms with van der Waals surface area (Å²) in [4.78, 5) is 2.16. The minimum atomic E-state index is -0.406. The van der Waals surface area contributed by atoms with Crippen LogP contribution in [0.4, 0.5) is 4.39 Å². The maximum atomic E-state index is 13.5. The lowest BCUT2D eigenvalue weighted by Crippen LogP contribution is -2.45. The highest BCUT2D eigenvalue weighted by molar-refractivity contribution is 5.85. The summed E-state index contributed by atoms with van der Waals surface area (Å²) in [5.74, 6) is 1.39. The Morgan fingerprint density at radius 2 is 1.62 bits per heavy atom. The van der Waals surface area contributed by atoms with Crippen LogP contribution in [0.3, 0.4) is 0 Å². The van der Waals surface area contributed by atoms with Crippen LogP contribution in [0.1, 0.15) is 11.6 Å². The highest BCUT2D eigenvalue weighted by Gasteiger charge is 2.23. The molecule has 0 aromatic heterocycles. The van der Waals surface area contributed by atoms with E-state index in [1.807, 2.05) is 12.1 Å². The van der Waals surface area contributed by atoms with Crippen molar-refractivity contribution in [3.8, 4) is 11.5 Å². The molecular weight excluding hydrogens is 318 g/mol. The minimum Gasteiger partial charge on any atom is -0.497 e. The van der Waals surface area contributed by atoms with Crippen molar-refractivity contribution in [2.24, 2.45) is 0 Å². The molecular formula is C14H23Cl2FN2O2. The molecule has 0 saturated carbocycles. The first kappa shape index (κ1) is 20.2. The van der Waals surface area contributed by atoms with E-state index in [0.29, 0.717) is 11.5 Å². The van der Waals surface area contributed by atoms with Crippen LogP contribution in [-0.2, 0) is 0 Å². The maximum Gasteiger partial charge on any atom is 0.122 e. The Labute approximate surface area is 137 Å². The van der Waals surface area contributed by atoms with E-state index in [4.69, 9.17) is 9.47 Å². The molecule has 0 aliphatic carbocycles. The van der Waals surface area contributed by atoms with Gasteiger partial charge < -0.3 is 14.8 Å². The molecule has 1 atom stereocenters. The summed E-state index contributed by atoms with van der Waals surface area (Å²) < 4.78 is 23.9. The van der Waals surface area contributed by atoms with Gasteiger partial charge in [0.1, 0.15) is 18.2 Å². The molecule has 0 unspecified atom stereocenters. The molecule has 1 heterocycles. The molecule has 7 heteroatoms. The van der Waals surface area contributed by atoms with Crippen molar-refractivity contribution in [2.45, 2.75) is 6.04 Å². The predicted molar refractivity (Wildman–Crippen MR) is 87.2 cm³/mol. The Kier molecular flexibility index (Phi) is 9.70. The van der Waals surface area contributed by atoms with E-state index < -0.39 is 6.67 Å². The third-order valence-corrected chi connectivity index (χ3v) is 3.50. The average Bonchev–Trinajstić information content (AvgIpc) is 2.48. The SMILES string of the molecule is COc1cc(OC)cc([C@H](CF)N2CCNCC2)c1.Cl.Cl. The van der Waals surface area contributed by atoms with Gasteiger partial charge in [0, 0.05) is 32.2 Å². The minimum absolute atomic E-state index is 0. The van der Waals surface area contributed by atoms with Gasteiger partial charge in [-0.15, -0.1) is 24.8 Å². The van der Waals surface area contributed by atoms with Gasteiger partial charge in [0.25, 0.3) is 0 Å². The standard InChI is InChI=1S/C14H21FN2O2.2ClH/c1-18-12-7-11(8-13(9-12)19-2)14(10-15)17-5-3-16-4-6-17;;/h7-9,14,16H,3-6,10H2,1-2H3;2*1H/t14-;;/m0../s1. The van der Waals surface area contributed by atoms with Crippen LogP contribution in [0, 0.1) is 0 Å². The van der Waals surface area contributed by atoms with Gasteiger partial charge in [0.05, 0.1) is 20.3 Å². The maximum absolute atomic E-state index is 13.5. The Balaban J connectivity index is 0.00000200. The van der Waals surface area contributed by atoms with Gasteiger partial charge in [-0.25, -0.2) is 4.39 Å². The highest BCUT2D eigenvalue weighted by atomic mass is 35.5. The molecule has 1 aliphatic rings. The van der Waals surface area contributed by atoms with Gasteiger partial charge in [0.2, 0.25) is 0 Å². The number of alkyl halides is 1. The van der Waals surface area contributed by atoms with Crippen molar-refractivity contribution in [3.63, 3.8) is 0 Å². The zero-order valence-corrected chi connectivity index (χ0v) is 13.9. The summed E-state index contributed by atoms with van der Waals surface area (Å²) in [5.41, 5.74) is 0.903. The van der Waals surface area contributed by atoms with E-state index in [1.165, 1.54) is 0 Å². The first-order valence-corrected chi connectivity index (χ1v) is 6.52. The smallest absolute Gasteiger partial charge is 0.122 e. The van der Waals surface area contributed by atoms with E-state index in [1.54, 1.807) is 20.3 Å². The van der Waals surface area contributed by atoms with Crippen LogP contribution in [0.25, 0.3) is 0 Å². The van der Waals surface area contributed by atoms with E-state index in [0.717, 1.165) is 31.7 Å². The molecule has 122 valence electrons. The second kappa shape index (κ2) is 10.1. The predicted octanol–water partition coefficient (Wildman–Crippen LogP) is 2.46. The second-order valence-corrected chi connectivity index (χ2v) is 4.60. The molecule has 0 amide bonds. The van der Waals surface area contributed by atoms with Gasteiger partial charge in [-0.1, -0.05) is 0 Å². The van der Waals surface area contributed by atoms with E-state index in [9.17, 15) is 4.39 Å². The number of piperazine rings is 1. The van der Waals surface area contributed by atoms with E-state index >= 15 is 0 Å². The number of ether oxygens (including phenoxy) is 2. The molecule has 1 N–H and O–H groups in total. The molecule has 2 rings (SSSR count). The van der Waals surface area contributed by atoms with Crippen molar-refractivity contribution < 1.29 is 13.9 Å². The number of halogens is 3. The Hall–Kier alpha value is -0.750.